The highest BCUT2D eigenvalue weighted by atomic mass is 127. The second kappa shape index (κ2) is 11.3. The van der Waals surface area contributed by atoms with Crippen molar-refractivity contribution in [2.24, 2.45) is 10.9 Å². The Morgan fingerprint density at radius 3 is 2.76 bits per heavy atom. The van der Waals surface area contributed by atoms with Crippen LogP contribution >= 0.6 is 24.0 Å². The Labute approximate surface area is 189 Å². The van der Waals surface area contributed by atoms with E-state index in [-0.39, 0.29) is 35.8 Å². The van der Waals surface area contributed by atoms with Gasteiger partial charge in [-0.25, -0.2) is 9.37 Å². The molecular formula is C21H30FIN6. The summed E-state index contributed by atoms with van der Waals surface area (Å²) in [5.41, 5.74) is 1.22. The zero-order chi connectivity index (χ0) is 19.9. The van der Waals surface area contributed by atoms with E-state index in [9.17, 15) is 4.39 Å². The summed E-state index contributed by atoms with van der Waals surface area (Å²) < 4.78 is 14.0. The summed E-state index contributed by atoms with van der Waals surface area (Å²) in [6, 6.07) is 7.36. The highest BCUT2D eigenvalue weighted by Crippen LogP contribution is 2.23. The molecule has 0 radical (unpaired) electrons. The normalized spacial score (nSPS) is 17.8. The molecule has 158 valence electrons. The van der Waals surface area contributed by atoms with Crippen LogP contribution in [0.2, 0.25) is 0 Å². The molecule has 2 unspecified atom stereocenters. The number of aliphatic imine (C=N–C) groups is 1. The Hall–Kier alpha value is -1.97. The summed E-state index contributed by atoms with van der Waals surface area (Å²) in [6.07, 6.45) is 6.26. The van der Waals surface area contributed by atoms with Crippen LogP contribution in [0.25, 0.3) is 0 Å². The van der Waals surface area contributed by atoms with E-state index in [4.69, 9.17) is 0 Å². The lowest BCUT2D eigenvalue weighted by molar-refractivity contribution is 0.485. The molecule has 1 saturated heterocycles. The summed E-state index contributed by atoms with van der Waals surface area (Å²) in [5.74, 6) is 1.73. The van der Waals surface area contributed by atoms with Gasteiger partial charge in [0.25, 0.3) is 0 Å². The van der Waals surface area contributed by atoms with Crippen LogP contribution in [0.1, 0.15) is 31.7 Å². The molecule has 1 aliphatic heterocycles. The van der Waals surface area contributed by atoms with E-state index in [1.165, 1.54) is 11.6 Å². The minimum atomic E-state index is -0.276. The summed E-state index contributed by atoms with van der Waals surface area (Å²) in [6.45, 7) is 6.67. The fourth-order valence-corrected chi connectivity index (χ4v) is 3.61. The molecule has 2 aromatic heterocycles. The number of aromatic nitrogens is 2. The number of rotatable bonds is 6. The fourth-order valence-electron chi connectivity index (χ4n) is 3.61. The number of hydrogen-bond acceptors (Lipinski definition) is 4. The van der Waals surface area contributed by atoms with E-state index in [2.05, 4.69) is 45.5 Å². The quantitative estimate of drug-likeness (QED) is 0.353. The molecule has 0 bridgehead atoms. The van der Waals surface area contributed by atoms with Gasteiger partial charge in [-0.05, 0) is 36.1 Å². The number of pyridine rings is 2. The smallest absolute Gasteiger partial charge is 0.191 e. The molecule has 1 aliphatic rings. The third-order valence-electron chi connectivity index (χ3n) is 5.20. The summed E-state index contributed by atoms with van der Waals surface area (Å²) in [5, 5.41) is 6.91. The van der Waals surface area contributed by atoms with E-state index in [0.29, 0.717) is 24.2 Å². The lowest BCUT2D eigenvalue weighted by Gasteiger charge is -2.24. The van der Waals surface area contributed by atoms with Gasteiger partial charge in [-0.1, -0.05) is 19.9 Å². The lowest BCUT2D eigenvalue weighted by atomic mass is 9.89. The van der Waals surface area contributed by atoms with Crippen LogP contribution < -0.4 is 15.5 Å². The van der Waals surface area contributed by atoms with Gasteiger partial charge in [0.2, 0.25) is 0 Å². The van der Waals surface area contributed by atoms with Crippen molar-refractivity contribution in [3.8, 4) is 0 Å². The van der Waals surface area contributed by atoms with Gasteiger partial charge in [-0.15, -0.1) is 24.0 Å². The molecule has 0 saturated carbocycles. The molecule has 3 rings (SSSR count). The Balaban J connectivity index is 0.00000300. The number of hydrogen-bond donors (Lipinski definition) is 2. The Bertz CT molecular complexity index is 786. The average molecular weight is 512 g/mol. The van der Waals surface area contributed by atoms with Gasteiger partial charge in [-0.3, -0.25) is 9.98 Å². The fraction of sp³-hybridized carbons (Fsp3) is 0.476. The van der Waals surface area contributed by atoms with Gasteiger partial charge in [0.15, 0.2) is 17.6 Å². The van der Waals surface area contributed by atoms with E-state index >= 15 is 0 Å². The number of guanidine groups is 1. The molecular weight excluding hydrogens is 482 g/mol. The van der Waals surface area contributed by atoms with Crippen molar-refractivity contribution >= 4 is 35.8 Å². The van der Waals surface area contributed by atoms with Crippen molar-refractivity contribution < 1.29 is 4.39 Å². The van der Waals surface area contributed by atoms with Gasteiger partial charge in [0, 0.05) is 57.2 Å². The molecule has 3 heterocycles. The first-order chi connectivity index (χ1) is 13.6. The first-order valence-corrected chi connectivity index (χ1v) is 9.81. The Morgan fingerprint density at radius 2 is 2.10 bits per heavy atom. The van der Waals surface area contributed by atoms with Crippen molar-refractivity contribution in [2.75, 3.05) is 31.6 Å². The Kier molecular flexibility index (Phi) is 9.06. The summed E-state index contributed by atoms with van der Waals surface area (Å²) in [7, 11) is 1.77. The molecule has 6 nitrogen and oxygen atoms in total. The molecule has 0 amide bonds. The molecule has 1 fully saturated rings. The van der Waals surface area contributed by atoms with Crippen molar-refractivity contribution in [1.82, 2.24) is 20.6 Å². The van der Waals surface area contributed by atoms with Gasteiger partial charge in [0.05, 0.1) is 0 Å². The molecule has 8 heteroatoms. The average Bonchev–Trinajstić information content (AvgIpc) is 3.16. The molecule has 0 aliphatic carbocycles. The first kappa shape index (κ1) is 23.3. The number of anilines is 1. The second-order valence-electron chi connectivity index (χ2n) is 7.47. The van der Waals surface area contributed by atoms with Crippen LogP contribution in [0.5, 0.6) is 0 Å². The predicted molar refractivity (Wildman–Crippen MR) is 127 cm³/mol. The van der Waals surface area contributed by atoms with Crippen molar-refractivity contribution in [3.63, 3.8) is 0 Å². The largest absolute Gasteiger partial charge is 0.356 e. The summed E-state index contributed by atoms with van der Waals surface area (Å²) >= 11 is 0. The molecule has 2 aromatic rings. The monoisotopic (exact) mass is 512 g/mol. The van der Waals surface area contributed by atoms with E-state index in [0.717, 1.165) is 25.5 Å². The van der Waals surface area contributed by atoms with Gasteiger partial charge in [-0.2, -0.15) is 0 Å². The van der Waals surface area contributed by atoms with Crippen LogP contribution in [0.15, 0.2) is 47.8 Å². The van der Waals surface area contributed by atoms with E-state index in [1.807, 2.05) is 17.2 Å². The van der Waals surface area contributed by atoms with Crippen molar-refractivity contribution in [2.45, 2.75) is 32.2 Å². The van der Waals surface area contributed by atoms with Gasteiger partial charge >= 0.3 is 0 Å². The maximum Gasteiger partial charge on any atom is 0.191 e. The van der Waals surface area contributed by atoms with Crippen molar-refractivity contribution in [3.05, 3.63) is 54.2 Å². The zero-order valence-corrected chi connectivity index (χ0v) is 19.5. The molecule has 0 spiro atoms. The van der Waals surface area contributed by atoms with Crippen LogP contribution in [-0.4, -0.2) is 48.7 Å². The summed E-state index contributed by atoms with van der Waals surface area (Å²) in [4.78, 5) is 14.8. The third kappa shape index (κ3) is 6.25. The second-order valence-corrected chi connectivity index (χ2v) is 7.47. The van der Waals surface area contributed by atoms with Crippen LogP contribution in [0.4, 0.5) is 10.2 Å². The zero-order valence-electron chi connectivity index (χ0n) is 17.2. The number of nitrogens with zero attached hydrogens (tertiary/aromatic N) is 4. The maximum atomic E-state index is 14.0. The van der Waals surface area contributed by atoms with E-state index in [1.54, 1.807) is 25.5 Å². The molecule has 0 aromatic carbocycles. The standard InChI is InChI=1S/C21H29FN6.HI/c1-15(2)18(16-6-4-9-24-12-16)13-26-21(23-3)27-17-8-11-28(14-17)20-19(22)7-5-10-25-20;/h4-7,9-10,12,15,17-18H,8,11,13-14H2,1-3H3,(H2,23,26,27);1H. The minimum Gasteiger partial charge on any atom is -0.356 e. The lowest BCUT2D eigenvalue weighted by Crippen LogP contribution is -2.46. The highest BCUT2D eigenvalue weighted by Gasteiger charge is 2.26. The molecule has 2 atom stereocenters. The number of halogens is 2. The predicted octanol–water partition coefficient (Wildman–Crippen LogP) is 3.42. The Morgan fingerprint density at radius 1 is 1.31 bits per heavy atom. The molecule has 29 heavy (non-hydrogen) atoms. The molecule has 2 N–H and O–H groups in total. The first-order valence-electron chi connectivity index (χ1n) is 9.81. The minimum absolute atomic E-state index is 0. The van der Waals surface area contributed by atoms with Crippen LogP contribution in [0.3, 0.4) is 0 Å². The van der Waals surface area contributed by atoms with Crippen LogP contribution in [-0.2, 0) is 0 Å². The van der Waals surface area contributed by atoms with E-state index < -0.39 is 0 Å². The number of nitrogens with one attached hydrogen (secondary N) is 2. The topological polar surface area (TPSA) is 65.4 Å². The maximum absolute atomic E-state index is 14.0. The van der Waals surface area contributed by atoms with Crippen LogP contribution in [0, 0.1) is 11.7 Å². The van der Waals surface area contributed by atoms with Gasteiger partial charge < -0.3 is 15.5 Å². The third-order valence-corrected chi connectivity index (χ3v) is 5.20. The van der Waals surface area contributed by atoms with Crippen molar-refractivity contribution in [1.29, 1.82) is 0 Å². The van der Waals surface area contributed by atoms with Gasteiger partial charge in [0.1, 0.15) is 0 Å². The SMILES string of the molecule is CN=C(NCC(c1cccnc1)C(C)C)NC1CCN(c2ncccc2F)C1.I. The highest BCUT2D eigenvalue weighted by molar-refractivity contribution is 14.0.